The Balaban J connectivity index is 1.61. The second-order valence-electron chi connectivity index (χ2n) is 6.45. The summed E-state index contributed by atoms with van der Waals surface area (Å²) in [5.41, 5.74) is 1.54. The first-order chi connectivity index (χ1) is 11.4. The molecule has 1 fully saturated rings. The molecule has 0 saturated heterocycles. The monoisotopic (exact) mass is 339 g/mol. The molecule has 1 aromatic heterocycles. The van der Waals surface area contributed by atoms with Crippen molar-refractivity contribution < 1.29 is 18.0 Å². The Morgan fingerprint density at radius 1 is 1.25 bits per heavy atom. The maximum absolute atomic E-state index is 12.7. The number of aromatic amines is 1. The molecule has 1 amide bonds. The molecule has 0 unspecified atom stereocenters. The van der Waals surface area contributed by atoms with Crippen molar-refractivity contribution in [3.05, 3.63) is 30.0 Å². The molecule has 0 spiro atoms. The molecule has 0 bridgehead atoms. The smallest absolute Gasteiger partial charge is 0.342 e. The zero-order valence-corrected chi connectivity index (χ0v) is 13.4. The second kappa shape index (κ2) is 6.45. The Morgan fingerprint density at radius 2 is 1.92 bits per heavy atom. The van der Waals surface area contributed by atoms with Gasteiger partial charge in [0.15, 0.2) is 0 Å². The van der Waals surface area contributed by atoms with E-state index in [0.717, 1.165) is 16.6 Å². The molecule has 3 rings (SSSR count). The van der Waals surface area contributed by atoms with Crippen molar-refractivity contribution >= 4 is 16.8 Å². The molecule has 7 heteroatoms. The van der Waals surface area contributed by atoms with Crippen LogP contribution in [0, 0.1) is 5.92 Å². The molecular weight excluding hydrogens is 319 g/mol. The molecule has 0 aliphatic heterocycles. The van der Waals surface area contributed by atoms with Crippen molar-refractivity contribution in [2.24, 2.45) is 5.92 Å². The molecule has 1 aliphatic carbocycles. The van der Waals surface area contributed by atoms with E-state index in [-0.39, 0.29) is 31.2 Å². The number of amides is 1. The average molecular weight is 339 g/mol. The van der Waals surface area contributed by atoms with Crippen LogP contribution in [0.15, 0.2) is 24.3 Å². The lowest BCUT2D eigenvalue weighted by Gasteiger charge is -2.35. The molecular formula is C17H20F3N3O. The Kier molecular flexibility index (Phi) is 4.51. The van der Waals surface area contributed by atoms with Gasteiger partial charge in [-0.25, -0.2) is 0 Å². The first-order valence-electron chi connectivity index (χ1n) is 8.10. The maximum atomic E-state index is 12.7. The summed E-state index contributed by atoms with van der Waals surface area (Å²) in [6, 6.07) is 7.40. The lowest BCUT2D eigenvalue weighted by atomic mass is 9.85. The zero-order valence-electron chi connectivity index (χ0n) is 13.4. The van der Waals surface area contributed by atoms with Crippen molar-refractivity contribution in [3.63, 3.8) is 0 Å². The highest BCUT2D eigenvalue weighted by atomic mass is 19.4. The number of H-pyrrole nitrogens is 1. The summed E-state index contributed by atoms with van der Waals surface area (Å²) >= 11 is 0. The Bertz CT molecular complexity index is 717. The molecule has 1 aromatic carbocycles. The molecule has 1 saturated carbocycles. The van der Waals surface area contributed by atoms with Crippen LogP contribution in [0.2, 0.25) is 0 Å². The van der Waals surface area contributed by atoms with Gasteiger partial charge in [-0.2, -0.15) is 18.3 Å². The van der Waals surface area contributed by atoms with E-state index < -0.39 is 12.1 Å². The number of aromatic nitrogens is 2. The molecule has 24 heavy (non-hydrogen) atoms. The van der Waals surface area contributed by atoms with E-state index in [0.29, 0.717) is 12.8 Å². The predicted molar refractivity (Wildman–Crippen MR) is 84.4 cm³/mol. The summed E-state index contributed by atoms with van der Waals surface area (Å²) in [4.78, 5) is 14.1. The summed E-state index contributed by atoms with van der Waals surface area (Å²) in [6.45, 7) is 0. The van der Waals surface area contributed by atoms with Gasteiger partial charge in [-0.1, -0.05) is 18.2 Å². The van der Waals surface area contributed by atoms with Crippen LogP contribution in [-0.4, -0.2) is 40.3 Å². The number of carbonyl (C=O) groups is 1. The quantitative estimate of drug-likeness (QED) is 0.927. The lowest BCUT2D eigenvalue weighted by molar-refractivity contribution is -0.184. The van der Waals surface area contributed by atoms with Gasteiger partial charge in [-0.15, -0.1) is 0 Å². The minimum absolute atomic E-state index is 0.0960. The fraction of sp³-hybridized carbons (Fsp3) is 0.529. The highest BCUT2D eigenvalue weighted by Crippen LogP contribution is 2.38. The first kappa shape index (κ1) is 16.8. The zero-order chi connectivity index (χ0) is 17.3. The maximum Gasteiger partial charge on any atom is 0.391 e. The minimum atomic E-state index is -4.12. The molecule has 0 atom stereocenters. The van der Waals surface area contributed by atoms with E-state index in [1.807, 2.05) is 24.3 Å². The van der Waals surface area contributed by atoms with E-state index in [1.54, 1.807) is 11.9 Å². The average Bonchev–Trinajstić information content (AvgIpc) is 2.96. The fourth-order valence-corrected chi connectivity index (χ4v) is 3.42. The van der Waals surface area contributed by atoms with Gasteiger partial charge in [0.05, 0.1) is 23.5 Å². The van der Waals surface area contributed by atoms with Crippen molar-refractivity contribution in [1.29, 1.82) is 0 Å². The number of rotatable bonds is 3. The molecule has 2 aromatic rings. The predicted octanol–water partition coefficient (Wildman–Crippen LogP) is 3.68. The number of alkyl halides is 3. The number of benzene rings is 1. The highest BCUT2D eigenvalue weighted by molar-refractivity contribution is 5.87. The van der Waals surface area contributed by atoms with Gasteiger partial charge in [0.2, 0.25) is 5.91 Å². The van der Waals surface area contributed by atoms with Crippen molar-refractivity contribution in [1.82, 2.24) is 15.1 Å². The van der Waals surface area contributed by atoms with Gasteiger partial charge in [-0.3, -0.25) is 9.89 Å². The molecule has 1 aliphatic rings. The van der Waals surface area contributed by atoms with E-state index >= 15 is 0 Å². The standard InChI is InChI=1S/C17H20F3N3O/c1-23(12-8-6-11(7-9-12)17(18,19)20)16(24)10-15-13-4-2-3-5-14(13)21-22-15/h2-5,11-12H,6-10H2,1H3,(H,21,22). The topological polar surface area (TPSA) is 49.0 Å². The van der Waals surface area contributed by atoms with E-state index in [9.17, 15) is 18.0 Å². The third-order valence-electron chi connectivity index (χ3n) is 4.97. The summed E-state index contributed by atoms with van der Waals surface area (Å²) in [5.74, 6) is -1.33. The first-order valence-corrected chi connectivity index (χ1v) is 8.10. The number of likely N-dealkylation sites (N-methyl/N-ethyl adjacent to an activating group) is 1. The second-order valence-corrected chi connectivity index (χ2v) is 6.45. The summed E-state index contributed by atoms with van der Waals surface area (Å²) < 4.78 is 38.2. The van der Waals surface area contributed by atoms with E-state index in [2.05, 4.69) is 10.2 Å². The summed E-state index contributed by atoms with van der Waals surface area (Å²) in [6.07, 6.45) is -2.96. The SMILES string of the molecule is CN(C(=O)Cc1[nH]nc2ccccc12)C1CCC(C(F)(F)F)CC1. The lowest BCUT2D eigenvalue weighted by Crippen LogP contribution is -2.42. The number of nitrogens with one attached hydrogen (secondary N) is 1. The van der Waals surface area contributed by atoms with Crippen LogP contribution in [0.3, 0.4) is 0 Å². The van der Waals surface area contributed by atoms with Crippen LogP contribution in [0.1, 0.15) is 31.4 Å². The third kappa shape index (κ3) is 3.39. The van der Waals surface area contributed by atoms with Crippen molar-refractivity contribution in [3.8, 4) is 0 Å². The minimum Gasteiger partial charge on any atom is -0.342 e. The molecule has 1 heterocycles. The van der Waals surface area contributed by atoms with Gasteiger partial charge in [-0.05, 0) is 31.7 Å². The number of hydrogen-bond acceptors (Lipinski definition) is 2. The van der Waals surface area contributed by atoms with Crippen LogP contribution in [0.25, 0.3) is 10.9 Å². The Hall–Kier alpha value is -2.05. The molecule has 1 N–H and O–H groups in total. The van der Waals surface area contributed by atoms with Crippen LogP contribution in [0.4, 0.5) is 13.2 Å². The normalized spacial score (nSPS) is 21.8. The van der Waals surface area contributed by atoms with E-state index in [4.69, 9.17) is 0 Å². The van der Waals surface area contributed by atoms with Gasteiger partial charge in [0, 0.05) is 18.5 Å². The number of halogens is 3. The Labute approximate surface area is 138 Å². The largest absolute Gasteiger partial charge is 0.391 e. The number of para-hydroxylation sites is 1. The Morgan fingerprint density at radius 3 is 2.58 bits per heavy atom. The van der Waals surface area contributed by atoms with Crippen LogP contribution < -0.4 is 0 Å². The summed E-state index contributed by atoms with van der Waals surface area (Å²) in [5, 5.41) is 7.95. The number of hydrogen-bond donors (Lipinski definition) is 1. The van der Waals surface area contributed by atoms with Crippen LogP contribution in [0.5, 0.6) is 0 Å². The van der Waals surface area contributed by atoms with Gasteiger partial charge in [0.1, 0.15) is 0 Å². The number of carbonyl (C=O) groups excluding carboxylic acids is 1. The van der Waals surface area contributed by atoms with Crippen LogP contribution in [-0.2, 0) is 11.2 Å². The van der Waals surface area contributed by atoms with Crippen molar-refractivity contribution in [2.75, 3.05) is 7.05 Å². The van der Waals surface area contributed by atoms with Gasteiger partial charge >= 0.3 is 6.18 Å². The van der Waals surface area contributed by atoms with Gasteiger partial charge < -0.3 is 4.90 Å². The molecule has 4 nitrogen and oxygen atoms in total. The fourth-order valence-electron chi connectivity index (χ4n) is 3.42. The van der Waals surface area contributed by atoms with Crippen molar-refractivity contribution in [2.45, 2.75) is 44.3 Å². The third-order valence-corrected chi connectivity index (χ3v) is 4.97. The molecule has 0 radical (unpaired) electrons. The van der Waals surface area contributed by atoms with E-state index in [1.165, 1.54) is 0 Å². The number of fused-ring (bicyclic) bond motifs is 1. The van der Waals surface area contributed by atoms with Crippen LogP contribution >= 0.6 is 0 Å². The van der Waals surface area contributed by atoms with Gasteiger partial charge in [0.25, 0.3) is 0 Å². The highest BCUT2D eigenvalue weighted by Gasteiger charge is 2.42. The summed E-state index contributed by atoms with van der Waals surface area (Å²) in [7, 11) is 1.68. The molecule has 130 valence electrons. The number of nitrogens with zero attached hydrogens (tertiary/aromatic N) is 2.